The first-order valence-electron chi connectivity index (χ1n) is 6.22. The van der Waals surface area contributed by atoms with Crippen molar-refractivity contribution < 1.29 is 23.9 Å². The van der Waals surface area contributed by atoms with E-state index in [-0.39, 0.29) is 12.8 Å². The molecule has 1 unspecified atom stereocenters. The molecule has 1 fully saturated rings. The van der Waals surface area contributed by atoms with E-state index >= 15 is 0 Å². The van der Waals surface area contributed by atoms with Crippen molar-refractivity contribution in [1.82, 2.24) is 10.6 Å². The van der Waals surface area contributed by atoms with Gasteiger partial charge in [0.2, 0.25) is 0 Å². The normalized spacial score (nSPS) is 20.1. The zero-order valence-electron chi connectivity index (χ0n) is 11.7. The fourth-order valence-electron chi connectivity index (χ4n) is 1.64. The Labute approximate surface area is 116 Å². The smallest absolute Gasteiger partial charge is 0.322 e. The van der Waals surface area contributed by atoms with Gasteiger partial charge >= 0.3 is 12.0 Å². The van der Waals surface area contributed by atoms with Crippen LogP contribution < -0.4 is 16.4 Å². The second-order valence-electron chi connectivity index (χ2n) is 5.53. The highest BCUT2D eigenvalue weighted by Crippen LogP contribution is 2.10. The molecule has 1 aliphatic heterocycles. The molecular formula is C12H19N3O5. The number of imide groups is 1. The summed E-state index contributed by atoms with van der Waals surface area (Å²) in [6.45, 7) is 5.19. The Morgan fingerprint density at radius 2 is 1.95 bits per heavy atom. The van der Waals surface area contributed by atoms with Gasteiger partial charge in [0.15, 0.2) is 11.8 Å². The molecule has 0 aromatic carbocycles. The Kier molecular flexibility index (Phi) is 4.83. The minimum Gasteiger partial charge on any atom is -0.460 e. The number of ether oxygens (including phenoxy) is 1. The number of hydrogen-bond acceptors (Lipinski definition) is 6. The fraction of sp³-hybridized carbons (Fsp3) is 0.667. The molecule has 1 rings (SSSR count). The molecule has 0 bridgehead atoms. The van der Waals surface area contributed by atoms with Crippen molar-refractivity contribution >= 4 is 23.7 Å². The molecule has 3 amide bonds. The highest BCUT2D eigenvalue weighted by atomic mass is 16.6. The van der Waals surface area contributed by atoms with Crippen LogP contribution in [0.5, 0.6) is 0 Å². The molecule has 0 spiro atoms. The van der Waals surface area contributed by atoms with Gasteiger partial charge in [-0.05, 0) is 27.2 Å². The third-order valence-corrected chi connectivity index (χ3v) is 2.50. The average molecular weight is 285 g/mol. The van der Waals surface area contributed by atoms with E-state index in [1.807, 2.05) is 5.32 Å². The minimum absolute atomic E-state index is 0.0353. The lowest BCUT2D eigenvalue weighted by Crippen LogP contribution is -2.47. The zero-order chi connectivity index (χ0) is 15.5. The summed E-state index contributed by atoms with van der Waals surface area (Å²) in [7, 11) is 0. The minimum atomic E-state index is -1.28. The Morgan fingerprint density at radius 1 is 1.35 bits per heavy atom. The number of ketones is 1. The van der Waals surface area contributed by atoms with E-state index in [9.17, 15) is 19.2 Å². The van der Waals surface area contributed by atoms with Crippen LogP contribution in [0.3, 0.4) is 0 Å². The first-order chi connectivity index (χ1) is 9.10. The fourth-order valence-corrected chi connectivity index (χ4v) is 1.64. The highest BCUT2D eigenvalue weighted by Gasteiger charge is 2.37. The first-order valence-corrected chi connectivity index (χ1v) is 6.22. The number of amides is 3. The SMILES string of the molecule is CC(C)(C)OC(=O)CC[C@H](N)C(=O)C1NC(=O)NC1=O. The maximum absolute atomic E-state index is 11.8. The predicted octanol–water partition coefficient (Wildman–Crippen LogP) is -0.787. The number of rotatable bonds is 5. The predicted molar refractivity (Wildman–Crippen MR) is 68.5 cm³/mol. The second kappa shape index (κ2) is 6.00. The molecule has 1 aliphatic rings. The van der Waals surface area contributed by atoms with Crippen LogP contribution in [-0.4, -0.2) is 41.4 Å². The molecule has 1 saturated heterocycles. The zero-order valence-corrected chi connectivity index (χ0v) is 11.7. The van der Waals surface area contributed by atoms with E-state index in [0.29, 0.717) is 0 Å². The van der Waals surface area contributed by atoms with Gasteiger partial charge in [-0.25, -0.2) is 4.79 Å². The topological polar surface area (TPSA) is 128 Å². The van der Waals surface area contributed by atoms with Crippen molar-refractivity contribution in [2.75, 3.05) is 0 Å². The van der Waals surface area contributed by atoms with E-state index in [0.717, 1.165) is 0 Å². The van der Waals surface area contributed by atoms with Crippen LogP contribution in [0.4, 0.5) is 4.79 Å². The largest absolute Gasteiger partial charge is 0.460 e. The molecule has 2 atom stereocenters. The van der Waals surface area contributed by atoms with Crippen LogP contribution in [-0.2, 0) is 19.1 Å². The maximum atomic E-state index is 11.8. The van der Waals surface area contributed by atoms with Gasteiger partial charge in [0, 0.05) is 6.42 Å². The summed E-state index contributed by atoms with van der Waals surface area (Å²) in [5.74, 6) is -1.83. The number of nitrogens with two attached hydrogens (primary N) is 1. The maximum Gasteiger partial charge on any atom is 0.322 e. The number of esters is 1. The first kappa shape index (κ1) is 16.1. The lowest BCUT2D eigenvalue weighted by atomic mass is 10.0. The van der Waals surface area contributed by atoms with Gasteiger partial charge in [0.05, 0.1) is 6.04 Å². The summed E-state index contributed by atoms with van der Waals surface area (Å²) >= 11 is 0. The second-order valence-corrected chi connectivity index (χ2v) is 5.53. The van der Waals surface area contributed by atoms with E-state index < -0.39 is 41.4 Å². The van der Waals surface area contributed by atoms with Gasteiger partial charge in [-0.15, -0.1) is 0 Å². The monoisotopic (exact) mass is 285 g/mol. The third-order valence-electron chi connectivity index (χ3n) is 2.50. The Hall–Kier alpha value is -1.96. The van der Waals surface area contributed by atoms with Crippen molar-refractivity contribution in [1.29, 1.82) is 0 Å². The van der Waals surface area contributed by atoms with Crippen LogP contribution in [0.2, 0.25) is 0 Å². The molecule has 8 nitrogen and oxygen atoms in total. The van der Waals surface area contributed by atoms with Crippen molar-refractivity contribution in [2.45, 2.75) is 51.3 Å². The number of urea groups is 1. The van der Waals surface area contributed by atoms with Gasteiger partial charge in [0.1, 0.15) is 5.60 Å². The van der Waals surface area contributed by atoms with Crippen LogP contribution in [0.25, 0.3) is 0 Å². The van der Waals surface area contributed by atoms with Crippen LogP contribution in [0, 0.1) is 0 Å². The van der Waals surface area contributed by atoms with Crippen molar-refractivity contribution in [3.05, 3.63) is 0 Å². The molecular weight excluding hydrogens is 266 g/mol. The molecule has 0 radical (unpaired) electrons. The summed E-state index contributed by atoms with van der Waals surface area (Å²) in [4.78, 5) is 45.5. The third kappa shape index (κ3) is 4.61. The summed E-state index contributed by atoms with van der Waals surface area (Å²) in [5.41, 5.74) is 5.02. The van der Waals surface area contributed by atoms with E-state index in [4.69, 9.17) is 10.5 Å². The molecule has 0 aromatic heterocycles. The lowest BCUT2D eigenvalue weighted by molar-refractivity contribution is -0.155. The van der Waals surface area contributed by atoms with Crippen LogP contribution in [0.15, 0.2) is 0 Å². The van der Waals surface area contributed by atoms with Gasteiger partial charge < -0.3 is 15.8 Å². The number of nitrogens with one attached hydrogen (secondary N) is 2. The molecule has 4 N–H and O–H groups in total. The van der Waals surface area contributed by atoms with Gasteiger partial charge in [-0.1, -0.05) is 0 Å². The van der Waals surface area contributed by atoms with E-state index in [2.05, 4.69) is 5.32 Å². The van der Waals surface area contributed by atoms with Gasteiger partial charge in [-0.3, -0.25) is 19.7 Å². The molecule has 1 heterocycles. The lowest BCUT2D eigenvalue weighted by Gasteiger charge is -2.20. The van der Waals surface area contributed by atoms with Crippen molar-refractivity contribution in [2.24, 2.45) is 5.73 Å². The van der Waals surface area contributed by atoms with Gasteiger partial charge in [0.25, 0.3) is 5.91 Å². The standard InChI is InChI=1S/C12H19N3O5/c1-12(2,3)20-7(16)5-4-6(13)9(17)8-10(18)15-11(19)14-8/h6,8H,4-5,13H2,1-3H3,(H2,14,15,18,19)/t6-,8?/m0/s1. The van der Waals surface area contributed by atoms with Gasteiger partial charge in [-0.2, -0.15) is 0 Å². The molecule has 0 aromatic rings. The Balaban J connectivity index is 2.45. The van der Waals surface area contributed by atoms with E-state index in [1.54, 1.807) is 20.8 Å². The Morgan fingerprint density at radius 3 is 2.40 bits per heavy atom. The van der Waals surface area contributed by atoms with Crippen LogP contribution in [0.1, 0.15) is 33.6 Å². The van der Waals surface area contributed by atoms with Crippen molar-refractivity contribution in [3.63, 3.8) is 0 Å². The molecule has 0 aliphatic carbocycles. The summed E-state index contributed by atoms with van der Waals surface area (Å²) in [6.07, 6.45) is 0.0137. The molecule has 20 heavy (non-hydrogen) atoms. The molecule has 0 saturated carbocycles. The number of carbonyl (C=O) groups excluding carboxylic acids is 4. The number of hydrogen-bond donors (Lipinski definition) is 3. The average Bonchev–Trinajstić information content (AvgIpc) is 2.62. The van der Waals surface area contributed by atoms with Crippen LogP contribution >= 0.6 is 0 Å². The summed E-state index contributed by atoms with van der Waals surface area (Å²) in [6, 6.07) is -3.03. The Bertz CT molecular complexity index is 441. The summed E-state index contributed by atoms with van der Waals surface area (Å²) < 4.78 is 5.08. The summed E-state index contributed by atoms with van der Waals surface area (Å²) in [5, 5.41) is 4.11. The number of Topliss-reactive ketones (excluding diaryl/α,β-unsaturated/α-hetero) is 1. The van der Waals surface area contributed by atoms with E-state index in [1.165, 1.54) is 0 Å². The number of carbonyl (C=O) groups is 4. The highest BCUT2D eigenvalue weighted by molar-refractivity contribution is 6.17. The van der Waals surface area contributed by atoms with Crippen molar-refractivity contribution in [3.8, 4) is 0 Å². The quantitative estimate of drug-likeness (QED) is 0.345. The molecule has 8 heteroatoms. The molecule has 112 valence electrons.